The number of β-amino-alcohol motifs (C(OH)–C–C–N with tert-alkyl or cyclic N) is 1. The monoisotopic (exact) mass is 549 g/mol. The summed E-state index contributed by atoms with van der Waals surface area (Å²) in [6.07, 6.45) is 0. The lowest BCUT2D eigenvalue weighted by atomic mass is 10.1. The maximum atomic E-state index is 9.26. The molecular weight excluding hydrogens is 514 g/mol. The Kier molecular flexibility index (Phi) is 8.11. The number of rotatable bonds is 10. The van der Waals surface area contributed by atoms with Gasteiger partial charge in [-0.3, -0.25) is 9.58 Å². The van der Waals surface area contributed by atoms with E-state index in [0.717, 1.165) is 66.0 Å². The van der Waals surface area contributed by atoms with E-state index in [2.05, 4.69) is 28.0 Å². The van der Waals surface area contributed by atoms with Crippen LogP contribution in [0.2, 0.25) is 0 Å². The van der Waals surface area contributed by atoms with Crippen molar-refractivity contribution in [1.29, 1.82) is 0 Å². The number of pyridine rings is 1. The predicted octanol–water partition coefficient (Wildman–Crippen LogP) is 4.91. The maximum absolute atomic E-state index is 9.26. The summed E-state index contributed by atoms with van der Waals surface area (Å²) in [5.74, 6) is 0.993. The average Bonchev–Trinajstić information content (AvgIpc) is 3.36. The largest absolute Gasteiger partial charge is 0.473 e. The van der Waals surface area contributed by atoms with Crippen molar-refractivity contribution < 1.29 is 14.6 Å². The number of aryl methyl sites for hydroxylation is 1. The molecule has 1 saturated heterocycles. The first-order chi connectivity index (χ1) is 20.2. The highest BCUT2D eigenvalue weighted by Crippen LogP contribution is 2.36. The Morgan fingerprint density at radius 2 is 1.46 bits per heavy atom. The van der Waals surface area contributed by atoms with E-state index in [0.29, 0.717) is 25.0 Å². The summed E-state index contributed by atoms with van der Waals surface area (Å²) in [7, 11) is 1.98. The number of aromatic nitrogens is 3. The molecule has 0 unspecified atom stereocenters. The van der Waals surface area contributed by atoms with Gasteiger partial charge in [0.05, 0.1) is 17.7 Å². The second-order valence-corrected chi connectivity index (χ2v) is 10.3. The van der Waals surface area contributed by atoms with Crippen LogP contribution in [0.25, 0.3) is 22.2 Å². The van der Waals surface area contributed by atoms with Gasteiger partial charge < -0.3 is 19.5 Å². The molecule has 8 nitrogen and oxygen atoms in total. The molecule has 0 spiro atoms. The van der Waals surface area contributed by atoms with Gasteiger partial charge in [-0.05, 0) is 35.4 Å². The smallest absolute Gasteiger partial charge is 0.226 e. The number of benzene rings is 3. The van der Waals surface area contributed by atoms with Gasteiger partial charge in [-0.15, -0.1) is 0 Å². The number of anilines is 1. The maximum Gasteiger partial charge on any atom is 0.226 e. The van der Waals surface area contributed by atoms with Crippen LogP contribution < -0.4 is 14.4 Å². The highest BCUT2D eigenvalue weighted by Gasteiger charge is 2.21. The summed E-state index contributed by atoms with van der Waals surface area (Å²) in [5, 5.41) is 15.2. The summed E-state index contributed by atoms with van der Waals surface area (Å²) in [4.78, 5) is 9.48. The highest BCUT2D eigenvalue weighted by atomic mass is 16.5. The van der Waals surface area contributed by atoms with Crippen LogP contribution >= 0.6 is 0 Å². The molecule has 41 heavy (non-hydrogen) atoms. The topological polar surface area (TPSA) is 75.9 Å². The first kappa shape index (κ1) is 26.8. The zero-order chi connectivity index (χ0) is 28.0. The lowest BCUT2D eigenvalue weighted by Crippen LogP contribution is -2.47. The van der Waals surface area contributed by atoms with Crippen molar-refractivity contribution in [3.8, 4) is 23.0 Å². The minimum Gasteiger partial charge on any atom is -0.473 e. The molecule has 0 aliphatic carbocycles. The lowest BCUT2D eigenvalue weighted by Gasteiger charge is -2.35. The third-order valence-electron chi connectivity index (χ3n) is 7.53. The zero-order valence-corrected chi connectivity index (χ0v) is 23.3. The van der Waals surface area contributed by atoms with Crippen LogP contribution in [-0.2, 0) is 20.3 Å². The predicted molar refractivity (Wildman–Crippen MR) is 161 cm³/mol. The van der Waals surface area contributed by atoms with Gasteiger partial charge in [-0.1, -0.05) is 60.7 Å². The SMILES string of the molecule is Cn1nc(-c2ccc(OCc3ccccc3)nc2OCc2ccccc2)c2ccc(N3CCN(CCO)CC3)cc21. The number of fused-ring (bicyclic) bond motifs is 1. The average molecular weight is 550 g/mol. The van der Waals surface area contributed by atoms with Crippen LogP contribution in [0.5, 0.6) is 11.8 Å². The van der Waals surface area contributed by atoms with Gasteiger partial charge in [0.2, 0.25) is 11.8 Å². The van der Waals surface area contributed by atoms with E-state index in [1.54, 1.807) is 0 Å². The summed E-state index contributed by atoms with van der Waals surface area (Å²) < 4.78 is 14.3. The van der Waals surface area contributed by atoms with Crippen molar-refractivity contribution in [2.24, 2.45) is 7.05 Å². The van der Waals surface area contributed by atoms with Crippen LogP contribution in [0.15, 0.2) is 91.0 Å². The fraction of sp³-hybridized carbons (Fsp3) is 0.273. The normalized spacial score (nSPS) is 14.0. The summed E-state index contributed by atoms with van der Waals surface area (Å²) in [5.41, 5.74) is 6.01. The van der Waals surface area contributed by atoms with Crippen molar-refractivity contribution in [2.75, 3.05) is 44.2 Å². The zero-order valence-electron chi connectivity index (χ0n) is 23.3. The Hall–Kier alpha value is -4.40. The third-order valence-corrected chi connectivity index (χ3v) is 7.53. The number of piperazine rings is 1. The first-order valence-corrected chi connectivity index (χ1v) is 14.1. The Morgan fingerprint density at radius 3 is 2.15 bits per heavy atom. The van der Waals surface area contributed by atoms with Gasteiger partial charge >= 0.3 is 0 Å². The number of ether oxygens (including phenoxy) is 2. The number of aliphatic hydroxyl groups is 1. The third kappa shape index (κ3) is 6.19. The Labute approximate surface area is 240 Å². The summed E-state index contributed by atoms with van der Waals surface area (Å²) >= 11 is 0. The van der Waals surface area contributed by atoms with Crippen molar-refractivity contribution in [3.63, 3.8) is 0 Å². The minimum absolute atomic E-state index is 0.204. The van der Waals surface area contributed by atoms with Gasteiger partial charge in [-0.25, -0.2) is 0 Å². The van der Waals surface area contributed by atoms with Gasteiger partial charge in [0.25, 0.3) is 0 Å². The van der Waals surface area contributed by atoms with E-state index < -0.39 is 0 Å². The molecule has 210 valence electrons. The molecule has 8 heteroatoms. The van der Waals surface area contributed by atoms with E-state index in [1.165, 1.54) is 5.69 Å². The minimum atomic E-state index is 0.204. The molecular formula is C33H35N5O3. The summed E-state index contributed by atoms with van der Waals surface area (Å²) in [6.45, 7) is 5.51. The molecule has 3 aromatic carbocycles. The molecule has 6 rings (SSSR count). The molecule has 0 saturated carbocycles. The van der Waals surface area contributed by atoms with E-state index >= 15 is 0 Å². The highest BCUT2D eigenvalue weighted by molar-refractivity contribution is 5.96. The van der Waals surface area contributed by atoms with Gasteiger partial charge in [0.1, 0.15) is 18.9 Å². The van der Waals surface area contributed by atoms with Crippen LogP contribution in [0.1, 0.15) is 11.1 Å². The molecule has 0 atom stereocenters. The molecule has 1 fully saturated rings. The molecule has 0 bridgehead atoms. The summed E-state index contributed by atoms with van der Waals surface area (Å²) in [6, 6.07) is 30.5. The van der Waals surface area contributed by atoms with Crippen molar-refractivity contribution >= 4 is 16.6 Å². The molecule has 3 heterocycles. The molecule has 5 aromatic rings. The molecule has 0 amide bonds. The molecule has 0 radical (unpaired) electrons. The molecule has 2 aromatic heterocycles. The van der Waals surface area contributed by atoms with Gasteiger partial charge in [0, 0.05) is 56.9 Å². The number of hydrogen-bond acceptors (Lipinski definition) is 7. The quantitative estimate of drug-likeness (QED) is 0.265. The molecule has 1 N–H and O–H groups in total. The fourth-order valence-electron chi connectivity index (χ4n) is 5.26. The van der Waals surface area contributed by atoms with Crippen LogP contribution in [0.3, 0.4) is 0 Å². The number of nitrogens with zero attached hydrogens (tertiary/aromatic N) is 5. The number of hydrogen-bond donors (Lipinski definition) is 1. The van der Waals surface area contributed by atoms with Crippen LogP contribution in [0, 0.1) is 0 Å². The Balaban J connectivity index is 1.29. The first-order valence-electron chi connectivity index (χ1n) is 14.1. The van der Waals surface area contributed by atoms with E-state index in [1.807, 2.05) is 84.5 Å². The van der Waals surface area contributed by atoms with Crippen molar-refractivity contribution in [2.45, 2.75) is 13.2 Å². The van der Waals surface area contributed by atoms with E-state index in [-0.39, 0.29) is 6.61 Å². The van der Waals surface area contributed by atoms with Crippen molar-refractivity contribution in [1.82, 2.24) is 19.7 Å². The van der Waals surface area contributed by atoms with Gasteiger partial charge in [-0.2, -0.15) is 10.1 Å². The Bertz CT molecular complexity index is 1580. The second-order valence-electron chi connectivity index (χ2n) is 10.3. The van der Waals surface area contributed by atoms with Crippen LogP contribution in [0.4, 0.5) is 5.69 Å². The number of aliphatic hydroxyl groups excluding tert-OH is 1. The molecule has 1 aliphatic heterocycles. The van der Waals surface area contributed by atoms with E-state index in [4.69, 9.17) is 19.6 Å². The lowest BCUT2D eigenvalue weighted by molar-refractivity contribution is 0.189. The van der Waals surface area contributed by atoms with Crippen LogP contribution in [-0.4, -0.2) is 64.1 Å². The Morgan fingerprint density at radius 1 is 0.780 bits per heavy atom. The second kappa shape index (κ2) is 12.4. The van der Waals surface area contributed by atoms with E-state index in [9.17, 15) is 5.11 Å². The standard InChI is InChI=1S/C33H35N5O3/c1-36-30-22-27(38-18-16-37(17-19-38)20-21-39)12-13-28(30)32(35-36)29-14-15-31(40-23-25-8-4-2-5-9-25)34-33(29)41-24-26-10-6-3-7-11-26/h2-15,22,39H,16-21,23-24H2,1H3. The molecule has 1 aliphatic rings. The fourth-order valence-corrected chi connectivity index (χ4v) is 5.26. The van der Waals surface area contributed by atoms with Crippen molar-refractivity contribution in [3.05, 3.63) is 102 Å². The van der Waals surface area contributed by atoms with Gasteiger partial charge in [0.15, 0.2) is 0 Å².